The summed E-state index contributed by atoms with van der Waals surface area (Å²) < 4.78 is 0. The molecule has 0 radical (unpaired) electrons. The third-order valence-electron chi connectivity index (χ3n) is 1.25. The Morgan fingerprint density at radius 2 is 2.25 bits per heavy atom. The molecule has 1 heterocycles. The predicted molar refractivity (Wildman–Crippen MR) is 46.9 cm³/mol. The molecule has 62 valence electrons. The summed E-state index contributed by atoms with van der Waals surface area (Å²) in [6, 6.07) is 3.41. The molecule has 0 aliphatic rings. The van der Waals surface area contributed by atoms with Gasteiger partial charge in [-0.3, -0.25) is 4.79 Å². The SMILES string of the molecule is NC(=O)C=Cc1ccc(N)nc1. The summed E-state index contributed by atoms with van der Waals surface area (Å²) in [5.74, 6) is -0.0296. The van der Waals surface area contributed by atoms with E-state index in [1.54, 1.807) is 24.4 Å². The maximum atomic E-state index is 10.3. The molecule has 0 bridgehead atoms. The van der Waals surface area contributed by atoms with Crippen LogP contribution >= 0.6 is 0 Å². The largest absolute Gasteiger partial charge is 0.384 e. The van der Waals surface area contributed by atoms with E-state index in [9.17, 15) is 4.79 Å². The van der Waals surface area contributed by atoms with Gasteiger partial charge in [0, 0.05) is 12.3 Å². The molecule has 1 aromatic heterocycles. The van der Waals surface area contributed by atoms with Crippen molar-refractivity contribution in [3.05, 3.63) is 30.0 Å². The van der Waals surface area contributed by atoms with E-state index in [0.717, 1.165) is 5.56 Å². The number of nitrogens with two attached hydrogens (primary N) is 2. The highest BCUT2D eigenvalue weighted by Crippen LogP contribution is 2.02. The third-order valence-corrected chi connectivity index (χ3v) is 1.25. The zero-order valence-corrected chi connectivity index (χ0v) is 6.40. The van der Waals surface area contributed by atoms with Gasteiger partial charge >= 0.3 is 0 Å². The molecule has 0 fully saturated rings. The number of aromatic nitrogens is 1. The van der Waals surface area contributed by atoms with Gasteiger partial charge < -0.3 is 11.5 Å². The van der Waals surface area contributed by atoms with E-state index in [-0.39, 0.29) is 0 Å². The van der Waals surface area contributed by atoms with Gasteiger partial charge in [0.05, 0.1) is 0 Å². The fraction of sp³-hybridized carbons (Fsp3) is 0. The second-order valence-electron chi connectivity index (χ2n) is 2.25. The molecule has 1 rings (SSSR count). The Bertz CT molecular complexity index is 303. The van der Waals surface area contributed by atoms with Crippen LogP contribution in [0.2, 0.25) is 0 Å². The molecular formula is C8H9N3O. The Kier molecular flexibility index (Phi) is 2.42. The summed E-state index contributed by atoms with van der Waals surface area (Å²) in [6.45, 7) is 0. The zero-order valence-electron chi connectivity index (χ0n) is 6.40. The van der Waals surface area contributed by atoms with Crippen molar-refractivity contribution in [3.8, 4) is 0 Å². The van der Waals surface area contributed by atoms with E-state index in [1.807, 2.05) is 0 Å². The van der Waals surface area contributed by atoms with Crippen molar-refractivity contribution in [2.24, 2.45) is 5.73 Å². The van der Waals surface area contributed by atoms with E-state index in [2.05, 4.69) is 4.98 Å². The van der Waals surface area contributed by atoms with Gasteiger partial charge in [0.1, 0.15) is 5.82 Å². The van der Waals surface area contributed by atoms with E-state index in [0.29, 0.717) is 5.82 Å². The molecule has 0 aliphatic heterocycles. The van der Waals surface area contributed by atoms with Gasteiger partial charge in [-0.2, -0.15) is 0 Å². The minimum absolute atomic E-state index is 0.450. The summed E-state index contributed by atoms with van der Waals surface area (Å²) in [6.07, 6.45) is 4.41. The van der Waals surface area contributed by atoms with Crippen molar-refractivity contribution < 1.29 is 4.79 Å². The average Bonchev–Trinajstić information content (AvgIpc) is 2.03. The van der Waals surface area contributed by atoms with Crippen LogP contribution in [0.15, 0.2) is 24.4 Å². The van der Waals surface area contributed by atoms with Crippen molar-refractivity contribution in [2.45, 2.75) is 0 Å². The van der Waals surface area contributed by atoms with E-state index in [1.165, 1.54) is 6.08 Å². The van der Waals surface area contributed by atoms with Gasteiger partial charge in [-0.1, -0.05) is 0 Å². The minimum atomic E-state index is -0.480. The lowest BCUT2D eigenvalue weighted by molar-refractivity contribution is -0.113. The molecule has 0 saturated heterocycles. The molecule has 0 atom stereocenters. The number of nitrogens with zero attached hydrogens (tertiary/aromatic N) is 1. The van der Waals surface area contributed by atoms with Crippen LogP contribution in [0.3, 0.4) is 0 Å². The summed E-state index contributed by atoms with van der Waals surface area (Å²) in [7, 11) is 0. The first-order valence-corrected chi connectivity index (χ1v) is 3.37. The summed E-state index contributed by atoms with van der Waals surface area (Å²) in [5, 5.41) is 0. The molecular weight excluding hydrogens is 154 g/mol. The van der Waals surface area contributed by atoms with E-state index in [4.69, 9.17) is 11.5 Å². The van der Waals surface area contributed by atoms with Gasteiger partial charge in [0.15, 0.2) is 0 Å². The first-order chi connectivity index (χ1) is 5.68. The number of pyridine rings is 1. The Labute approximate surface area is 69.9 Å². The topological polar surface area (TPSA) is 82.0 Å². The normalized spacial score (nSPS) is 10.3. The number of rotatable bonds is 2. The molecule has 0 saturated carbocycles. The van der Waals surface area contributed by atoms with E-state index < -0.39 is 5.91 Å². The number of hydrogen-bond donors (Lipinski definition) is 2. The van der Waals surface area contributed by atoms with Gasteiger partial charge in [0.2, 0.25) is 5.91 Å². The van der Waals surface area contributed by atoms with Crippen molar-refractivity contribution >= 4 is 17.8 Å². The Morgan fingerprint density at radius 3 is 2.75 bits per heavy atom. The molecule has 0 unspecified atom stereocenters. The second kappa shape index (κ2) is 3.52. The summed E-state index contributed by atoms with van der Waals surface area (Å²) >= 11 is 0. The smallest absolute Gasteiger partial charge is 0.241 e. The van der Waals surface area contributed by atoms with Crippen LogP contribution < -0.4 is 11.5 Å². The van der Waals surface area contributed by atoms with Gasteiger partial charge in [-0.25, -0.2) is 4.98 Å². The van der Waals surface area contributed by atoms with Crippen LogP contribution in [-0.4, -0.2) is 10.9 Å². The molecule has 1 amide bonds. The standard InChI is InChI=1S/C8H9N3O/c9-7-3-1-6(5-11-7)2-4-8(10)12/h1-5H,(H2,9,11)(H2,10,12). The summed E-state index contributed by atoms with van der Waals surface area (Å²) in [4.78, 5) is 14.2. The van der Waals surface area contributed by atoms with Crippen LogP contribution in [0.4, 0.5) is 5.82 Å². The van der Waals surface area contributed by atoms with Crippen LogP contribution in [-0.2, 0) is 4.79 Å². The number of hydrogen-bond acceptors (Lipinski definition) is 3. The van der Waals surface area contributed by atoms with Crippen LogP contribution in [0, 0.1) is 0 Å². The molecule has 1 aromatic rings. The Morgan fingerprint density at radius 1 is 1.50 bits per heavy atom. The number of primary amides is 1. The monoisotopic (exact) mass is 163 g/mol. The molecule has 4 nitrogen and oxygen atoms in total. The Hall–Kier alpha value is -1.84. The number of carbonyl (C=O) groups excluding carboxylic acids is 1. The highest BCUT2D eigenvalue weighted by molar-refractivity contribution is 5.90. The Balaban J connectivity index is 2.77. The maximum absolute atomic E-state index is 10.3. The third kappa shape index (κ3) is 2.42. The lowest BCUT2D eigenvalue weighted by atomic mass is 10.2. The van der Waals surface area contributed by atoms with Crippen LogP contribution in [0.5, 0.6) is 0 Å². The number of carbonyl (C=O) groups is 1. The number of amides is 1. The molecule has 4 heteroatoms. The molecule has 4 N–H and O–H groups in total. The average molecular weight is 163 g/mol. The van der Waals surface area contributed by atoms with Gasteiger partial charge in [-0.05, 0) is 23.8 Å². The number of anilines is 1. The minimum Gasteiger partial charge on any atom is -0.384 e. The first kappa shape index (κ1) is 8.26. The second-order valence-corrected chi connectivity index (χ2v) is 2.25. The zero-order chi connectivity index (χ0) is 8.97. The first-order valence-electron chi connectivity index (χ1n) is 3.37. The maximum Gasteiger partial charge on any atom is 0.241 e. The number of nitrogen functional groups attached to an aromatic ring is 1. The lowest BCUT2D eigenvalue weighted by Gasteiger charge is -1.92. The fourth-order valence-corrected chi connectivity index (χ4v) is 0.694. The van der Waals surface area contributed by atoms with Crippen molar-refractivity contribution in [1.29, 1.82) is 0 Å². The van der Waals surface area contributed by atoms with Gasteiger partial charge in [-0.15, -0.1) is 0 Å². The highest BCUT2D eigenvalue weighted by Gasteiger charge is 1.88. The molecule has 0 aliphatic carbocycles. The van der Waals surface area contributed by atoms with Crippen molar-refractivity contribution in [1.82, 2.24) is 4.98 Å². The van der Waals surface area contributed by atoms with Crippen LogP contribution in [0.25, 0.3) is 6.08 Å². The van der Waals surface area contributed by atoms with Crippen LogP contribution in [0.1, 0.15) is 5.56 Å². The molecule has 12 heavy (non-hydrogen) atoms. The van der Waals surface area contributed by atoms with Crippen molar-refractivity contribution in [2.75, 3.05) is 5.73 Å². The lowest BCUT2D eigenvalue weighted by Crippen LogP contribution is -2.05. The quantitative estimate of drug-likeness (QED) is 0.609. The molecule has 0 spiro atoms. The van der Waals surface area contributed by atoms with E-state index >= 15 is 0 Å². The van der Waals surface area contributed by atoms with Crippen molar-refractivity contribution in [3.63, 3.8) is 0 Å². The predicted octanol–water partition coefficient (Wildman–Crippen LogP) is 0.162. The van der Waals surface area contributed by atoms with Gasteiger partial charge in [0.25, 0.3) is 0 Å². The highest BCUT2D eigenvalue weighted by atomic mass is 16.1. The molecule has 0 aromatic carbocycles. The fourth-order valence-electron chi connectivity index (χ4n) is 0.694. The summed E-state index contributed by atoms with van der Waals surface area (Å²) in [5.41, 5.74) is 11.0.